The minimum Gasteiger partial charge on any atom is -0.497 e. The van der Waals surface area contributed by atoms with E-state index < -0.39 is 0 Å². The highest BCUT2D eigenvalue weighted by atomic mass is 32.1. The van der Waals surface area contributed by atoms with Crippen molar-refractivity contribution in [3.63, 3.8) is 0 Å². The van der Waals surface area contributed by atoms with Gasteiger partial charge in [-0.05, 0) is 48.4 Å². The van der Waals surface area contributed by atoms with Crippen molar-refractivity contribution in [2.24, 2.45) is 0 Å². The van der Waals surface area contributed by atoms with E-state index in [4.69, 9.17) is 9.72 Å². The Morgan fingerprint density at radius 1 is 1.14 bits per heavy atom. The fraction of sp³-hybridized carbons (Fsp3) is 0.333. The summed E-state index contributed by atoms with van der Waals surface area (Å²) in [5.74, 6) is 0.772. The Morgan fingerprint density at radius 2 is 1.89 bits per heavy atom. The molecule has 0 aliphatic carbocycles. The second-order valence-corrected chi connectivity index (χ2v) is 7.79. The van der Waals surface area contributed by atoms with E-state index in [1.54, 1.807) is 18.4 Å². The van der Waals surface area contributed by atoms with Gasteiger partial charge in [0.05, 0.1) is 17.3 Å². The third-order valence-electron chi connectivity index (χ3n) is 5.03. The van der Waals surface area contributed by atoms with Gasteiger partial charge in [0.25, 0.3) is 0 Å². The summed E-state index contributed by atoms with van der Waals surface area (Å²) in [6.45, 7) is 5.10. The van der Waals surface area contributed by atoms with E-state index >= 15 is 0 Å². The van der Waals surface area contributed by atoms with Gasteiger partial charge in [-0.3, -0.25) is 0 Å². The molecule has 0 saturated carbocycles. The van der Waals surface area contributed by atoms with E-state index in [1.165, 1.54) is 10.3 Å². The van der Waals surface area contributed by atoms with Crippen LogP contribution in [-0.4, -0.2) is 49.2 Å². The average molecular weight is 397 g/mol. The highest BCUT2D eigenvalue weighted by molar-refractivity contribution is 7.22. The van der Waals surface area contributed by atoms with Gasteiger partial charge in [-0.1, -0.05) is 24.3 Å². The van der Waals surface area contributed by atoms with Gasteiger partial charge in [0.2, 0.25) is 0 Å². The maximum absolute atomic E-state index is 12.5. The van der Waals surface area contributed by atoms with Crippen LogP contribution in [0.3, 0.4) is 0 Å². The lowest BCUT2D eigenvalue weighted by Gasteiger charge is -2.34. The van der Waals surface area contributed by atoms with E-state index in [0.717, 1.165) is 41.6 Å². The van der Waals surface area contributed by atoms with Crippen molar-refractivity contribution >= 4 is 38.4 Å². The second kappa shape index (κ2) is 8.06. The molecule has 1 aliphatic rings. The minimum absolute atomic E-state index is 0.0679. The van der Waals surface area contributed by atoms with Crippen LogP contribution < -0.4 is 15.0 Å². The largest absolute Gasteiger partial charge is 0.497 e. The van der Waals surface area contributed by atoms with Crippen LogP contribution in [0.1, 0.15) is 12.5 Å². The second-order valence-electron chi connectivity index (χ2n) is 6.78. The molecule has 7 heteroatoms. The van der Waals surface area contributed by atoms with Gasteiger partial charge in [-0.15, -0.1) is 0 Å². The Morgan fingerprint density at radius 3 is 2.57 bits per heavy atom. The van der Waals surface area contributed by atoms with Crippen LogP contribution in [0.15, 0.2) is 42.5 Å². The highest BCUT2D eigenvalue weighted by Gasteiger charge is 2.23. The number of carbonyl (C=O) groups excluding carboxylic acids is 1. The Hall–Kier alpha value is -2.80. The predicted octanol–water partition coefficient (Wildman–Crippen LogP) is 4.22. The molecule has 1 saturated heterocycles. The van der Waals surface area contributed by atoms with Crippen molar-refractivity contribution < 1.29 is 9.53 Å². The monoisotopic (exact) mass is 396 g/mol. The van der Waals surface area contributed by atoms with E-state index in [2.05, 4.69) is 35.3 Å². The number of nitrogens with one attached hydrogen (secondary N) is 1. The molecule has 0 atom stereocenters. The van der Waals surface area contributed by atoms with Crippen LogP contribution in [0.2, 0.25) is 0 Å². The number of urea groups is 1. The SMILES string of the molecule is CCc1ccc2nc(N3CCN(C(=O)Nc4ccc(OC)cc4)CC3)sc2c1. The topological polar surface area (TPSA) is 57.7 Å². The number of amides is 2. The van der Waals surface area contributed by atoms with Gasteiger partial charge in [-0.2, -0.15) is 0 Å². The third-order valence-corrected chi connectivity index (χ3v) is 6.11. The molecule has 28 heavy (non-hydrogen) atoms. The van der Waals surface area contributed by atoms with Crippen LogP contribution >= 0.6 is 11.3 Å². The molecule has 4 rings (SSSR count). The molecule has 1 N–H and O–H groups in total. The number of benzene rings is 2. The summed E-state index contributed by atoms with van der Waals surface area (Å²) in [4.78, 5) is 21.4. The summed E-state index contributed by atoms with van der Waals surface area (Å²) in [7, 11) is 1.63. The number of carbonyl (C=O) groups is 1. The summed E-state index contributed by atoms with van der Waals surface area (Å²) < 4.78 is 6.38. The number of thiazole rings is 1. The zero-order chi connectivity index (χ0) is 19.5. The van der Waals surface area contributed by atoms with Crippen LogP contribution in [-0.2, 0) is 6.42 Å². The van der Waals surface area contributed by atoms with Gasteiger partial charge < -0.3 is 19.9 Å². The van der Waals surface area contributed by atoms with E-state index in [1.807, 2.05) is 29.2 Å². The summed E-state index contributed by atoms with van der Waals surface area (Å²) in [6.07, 6.45) is 1.03. The number of hydrogen-bond donors (Lipinski definition) is 1. The smallest absolute Gasteiger partial charge is 0.321 e. The molecule has 6 nitrogen and oxygen atoms in total. The van der Waals surface area contributed by atoms with Crippen molar-refractivity contribution in [1.82, 2.24) is 9.88 Å². The number of fused-ring (bicyclic) bond motifs is 1. The normalized spacial score (nSPS) is 14.4. The fourth-order valence-electron chi connectivity index (χ4n) is 3.29. The zero-order valence-electron chi connectivity index (χ0n) is 16.1. The summed E-state index contributed by atoms with van der Waals surface area (Å²) in [5.41, 5.74) is 3.16. The molecule has 0 unspecified atom stereocenters. The first-order valence-electron chi connectivity index (χ1n) is 9.50. The Bertz CT molecular complexity index is 962. The first-order valence-corrected chi connectivity index (χ1v) is 10.3. The van der Waals surface area contributed by atoms with Gasteiger partial charge >= 0.3 is 6.03 Å². The van der Waals surface area contributed by atoms with Crippen LogP contribution in [0.5, 0.6) is 5.75 Å². The standard InChI is InChI=1S/C21H24N4O2S/c1-3-15-4-9-18-19(14-15)28-21(23-18)25-12-10-24(11-13-25)20(26)22-16-5-7-17(27-2)8-6-16/h4-9,14H,3,10-13H2,1-2H3,(H,22,26). The Kier molecular flexibility index (Phi) is 5.34. The molecule has 3 aromatic rings. The lowest BCUT2D eigenvalue weighted by molar-refractivity contribution is 0.208. The van der Waals surface area contributed by atoms with E-state index in [9.17, 15) is 4.79 Å². The van der Waals surface area contributed by atoms with Crippen molar-refractivity contribution in [2.45, 2.75) is 13.3 Å². The fourth-order valence-corrected chi connectivity index (χ4v) is 4.37. The number of ether oxygens (including phenoxy) is 1. The highest BCUT2D eigenvalue weighted by Crippen LogP contribution is 2.30. The lowest BCUT2D eigenvalue weighted by Crippen LogP contribution is -2.50. The Balaban J connectivity index is 1.36. The van der Waals surface area contributed by atoms with E-state index in [-0.39, 0.29) is 6.03 Å². The first-order chi connectivity index (χ1) is 13.7. The molecule has 2 heterocycles. The minimum atomic E-state index is -0.0679. The third kappa shape index (κ3) is 3.89. The number of hydrogen-bond acceptors (Lipinski definition) is 5. The van der Waals surface area contributed by atoms with Gasteiger partial charge in [0.15, 0.2) is 5.13 Å². The lowest BCUT2D eigenvalue weighted by atomic mass is 10.2. The number of nitrogens with zero attached hydrogens (tertiary/aromatic N) is 3. The van der Waals surface area contributed by atoms with Gasteiger partial charge in [-0.25, -0.2) is 9.78 Å². The van der Waals surface area contributed by atoms with E-state index in [0.29, 0.717) is 13.1 Å². The molecule has 1 fully saturated rings. The maximum atomic E-state index is 12.5. The molecular formula is C21H24N4O2S. The maximum Gasteiger partial charge on any atom is 0.321 e. The van der Waals surface area contributed by atoms with Gasteiger partial charge in [0, 0.05) is 31.9 Å². The molecular weight excluding hydrogens is 372 g/mol. The molecule has 0 bridgehead atoms. The molecule has 0 radical (unpaired) electrons. The van der Waals surface area contributed by atoms with Gasteiger partial charge in [0.1, 0.15) is 5.75 Å². The molecule has 1 aromatic heterocycles. The van der Waals surface area contributed by atoms with Crippen LogP contribution in [0.4, 0.5) is 15.6 Å². The molecule has 1 aliphatic heterocycles. The number of anilines is 2. The number of aromatic nitrogens is 1. The van der Waals surface area contributed by atoms with Crippen molar-refractivity contribution in [3.05, 3.63) is 48.0 Å². The molecule has 2 amide bonds. The first kappa shape index (κ1) is 18.6. The van der Waals surface area contributed by atoms with Crippen LogP contribution in [0.25, 0.3) is 10.2 Å². The van der Waals surface area contributed by atoms with Crippen molar-refractivity contribution in [1.29, 1.82) is 0 Å². The summed E-state index contributed by atoms with van der Waals surface area (Å²) >= 11 is 1.73. The average Bonchev–Trinajstić information content (AvgIpc) is 3.17. The quantitative estimate of drug-likeness (QED) is 0.717. The number of aryl methyl sites for hydroxylation is 1. The van der Waals surface area contributed by atoms with Crippen molar-refractivity contribution in [3.8, 4) is 5.75 Å². The molecule has 146 valence electrons. The number of rotatable bonds is 4. The summed E-state index contributed by atoms with van der Waals surface area (Å²) in [5, 5.41) is 3.99. The number of methoxy groups -OCH3 is 1. The number of piperazine rings is 1. The van der Waals surface area contributed by atoms with Crippen LogP contribution in [0, 0.1) is 0 Å². The predicted molar refractivity (Wildman–Crippen MR) is 115 cm³/mol. The summed E-state index contributed by atoms with van der Waals surface area (Å²) in [6, 6.07) is 13.8. The Labute approximate surface area is 168 Å². The molecule has 2 aromatic carbocycles. The zero-order valence-corrected chi connectivity index (χ0v) is 17.0. The van der Waals surface area contributed by atoms with Crippen molar-refractivity contribution in [2.75, 3.05) is 43.5 Å². The molecule has 0 spiro atoms.